The highest BCUT2D eigenvalue weighted by molar-refractivity contribution is 5.73. The van der Waals surface area contributed by atoms with Gasteiger partial charge in [-0.1, -0.05) is 44.2 Å². The second kappa shape index (κ2) is 7.91. The molecule has 1 amide bonds. The number of hydrogen-bond acceptors (Lipinski definition) is 1. The second-order valence-electron chi connectivity index (χ2n) is 4.64. The first-order chi connectivity index (χ1) is 8.75. The van der Waals surface area contributed by atoms with E-state index in [9.17, 15) is 4.79 Å². The van der Waals surface area contributed by atoms with E-state index in [1.165, 1.54) is 5.56 Å². The van der Waals surface area contributed by atoms with Crippen molar-refractivity contribution in [1.29, 1.82) is 0 Å². The summed E-state index contributed by atoms with van der Waals surface area (Å²) in [5.74, 6) is 0.969. The lowest BCUT2D eigenvalue weighted by Crippen LogP contribution is -2.37. The monoisotopic (exact) mass is 247 g/mol. The molecule has 2 heteroatoms. The van der Waals surface area contributed by atoms with Crippen molar-refractivity contribution in [2.24, 2.45) is 5.92 Å². The van der Waals surface area contributed by atoms with Crippen LogP contribution in [0.15, 0.2) is 30.3 Å². The molecule has 100 valence electrons. The number of hydrogen-bond donors (Lipinski definition) is 0. The summed E-state index contributed by atoms with van der Waals surface area (Å²) in [6.45, 7) is 7.54. The molecule has 2 rings (SSSR count). The summed E-state index contributed by atoms with van der Waals surface area (Å²) >= 11 is 0. The molecule has 1 fully saturated rings. The summed E-state index contributed by atoms with van der Waals surface area (Å²) in [5, 5.41) is 0. The lowest BCUT2D eigenvalue weighted by atomic mass is 9.90. The largest absolute Gasteiger partial charge is 0.343 e. The molecule has 18 heavy (non-hydrogen) atoms. The number of carbonyl (C=O) groups is 1. The zero-order chi connectivity index (χ0) is 13.4. The van der Waals surface area contributed by atoms with Crippen LogP contribution in [0.2, 0.25) is 0 Å². The predicted octanol–water partition coefficient (Wildman–Crippen LogP) is 3.51. The third-order valence-electron chi connectivity index (χ3n) is 3.43. The molecular weight excluding hydrogens is 222 g/mol. The maximum atomic E-state index is 11.2. The Hall–Kier alpha value is -1.31. The van der Waals surface area contributed by atoms with Crippen molar-refractivity contribution in [1.82, 2.24) is 4.90 Å². The summed E-state index contributed by atoms with van der Waals surface area (Å²) in [6.07, 6.45) is 3.45. The van der Waals surface area contributed by atoms with Crippen LogP contribution in [-0.4, -0.2) is 23.9 Å². The first kappa shape index (κ1) is 14.7. The number of nitrogens with zero attached hydrogens (tertiary/aromatic N) is 1. The summed E-state index contributed by atoms with van der Waals surface area (Å²) < 4.78 is 0. The average Bonchev–Trinajstić information content (AvgIpc) is 2.43. The maximum Gasteiger partial charge on any atom is 0.219 e. The van der Waals surface area contributed by atoms with Crippen molar-refractivity contribution >= 4 is 5.91 Å². The van der Waals surface area contributed by atoms with Crippen LogP contribution in [0.1, 0.15) is 39.2 Å². The van der Waals surface area contributed by atoms with Crippen LogP contribution in [0.4, 0.5) is 0 Å². The Morgan fingerprint density at radius 1 is 1.17 bits per heavy atom. The number of benzene rings is 1. The molecule has 0 spiro atoms. The van der Waals surface area contributed by atoms with Gasteiger partial charge in [0.05, 0.1) is 0 Å². The lowest BCUT2D eigenvalue weighted by Gasteiger charge is -2.31. The van der Waals surface area contributed by atoms with E-state index in [1.807, 2.05) is 18.7 Å². The SMILES string of the molecule is CC.CC(=O)N1CCC(Cc2ccccc2)CC1. The Bertz CT molecular complexity index is 339. The zero-order valence-corrected chi connectivity index (χ0v) is 11.9. The number of likely N-dealkylation sites (tertiary alicyclic amines) is 1. The molecule has 1 aliphatic heterocycles. The third kappa shape index (κ3) is 4.52. The molecule has 1 heterocycles. The minimum atomic E-state index is 0.221. The first-order valence-corrected chi connectivity index (χ1v) is 7.05. The highest BCUT2D eigenvalue weighted by Gasteiger charge is 2.20. The van der Waals surface area contributed by atoms with Crippen LogP contribution in [0, 0.1) is 5.92 Å². The van der Waals surface area contributed by atoms with Gasteiger partial charge in [-0.15, -0.1) is 0 Å². The highest BCUT2D eigenvalue weighted by atomic mass is 16.2. The van der Waals surface area contributed by atoms with Crippen molar-refractivity contribution in [3.8, 4) is 0 Å². The van der Waals surface area contributed by atoms with Gasteiger partial charge < -0.3 is 4.90 Å². The lowest BCUT2D eigenvalue weighted by molar-refractivity contribution is -0.130. The molecule has 0 bridgehead atoms. The van der Waals surface area contributed by atoms with Crippen LogP contribution in [0.3, 0.4) is 0 Å². The molecule has 0 atom stereocenters. The summed E-state index contributed by atoms with van der Waals surface area (Å²) in [4.78, 5) is 13.1. The van der Waals surface area contributed by atoms with Crippen LogP contribution in [0.5, 0.6) is 0 Å². The Balaban J connectivity index is 0.000000771. The molecule has 1 saturated heterocycles. The minimum absolute atomic E-state index is 0.221. The van der Waals surface area contributed by atoms with Gasteiger partial charge in [0, 0.05) is 20.0 Å². The highest BCUT2D eigenvalue weighted by Crippen LogP contribution is 2.21. The maximum absolute atomic E-state index is 11.2. The molecule has 0 aromatic heterocycles. The van der Waals surface area contributed by atoms with Crippen LogP contribution < -0.4 is 0 Å². The van der Waals surface area contributed by atoms with Crippen LogP contribution in [0.25, 0.3) is 0 Å². The molecule has 1 aromatic carbocycles. The van der Waals surface area contributed by atoms with E-state index in [0.717, 1.165) is 38.3 Å². The van der Waals surface area contributed by atoms with E-state index in [-0.39, 0.29) is 5.91 Å². The van der Waals surface area contributed by atoms with E-state index >= 15 is 0 Å². The van der Waals surface area contributed by atoms with Crippen molar-refractivity contribution in [3.63, 3.8) is 0 Å². The van der Waals surface area contributed by atoms with E-state index in [1.54, 1.807) is 6.92 Å². The van der Waals surface area contributed by atoms with Gasteiger partial charge in [-0.25, -0.2) is 0 Å². The second-order valence-corrected chi connectivity index (χ2v) is 4.64. The molecular formula is C16H25NO. The third-order valence-corrected chi connectivity index (χ3v) is 3.43. The topological polar surface area (TPSA) is 20.3 Å². The summed E-state index contributed by atoms with van der Waals surface area (Å²) in [7, 11) is 0. The quantitative estimate of drug-likeness (QED) is 0.783. The Morgan fingerprint density at radius 3 is 2.22 bits per heavy atom. The van der Waals surface area contributed by atoms with Gasteiger partial charge >= 0.3 is 0 Å². The fraction of sp³-hybridized carbons (Fsp3) is 0.562. The molecule has 0 saturated carbocycles. The van der Waals surface area contributed by atoms with E-state index in [2.05, 4.69) is 30.3 Å². The minimum Gasteiger partial charge on any atom is -0.343 e. The zero-order valence-electron chi connectivity index (χ0n) is 11.9. The first-order valence-electron chi connectivity index (χ1n) is 7.05. The molecule has 0 radical (unpaired) electrons. The summed E-state index contributed by atoms with van der Waals surface area (Å²) in [6, 6.07) is 10.6. The van der Waals surface area contributed by atoms with Crippen molar-refractivity contribution in [3.05, 3.63) is 35.9 Å². The van der Waals surface area contributed by atoms with Crippen molar-refractivity contribution < 1.29 is 4.79 Å². The normalized spacial score (nSPS) is 15.8. The van der Waals surface area contributed by atoms with Gasteiger partial charge in [-0.05, 0) is 30.7 Å². The van der Waals surface area contributed by atoms with E-state index in [0.29, 0.717) is 0 Å². The fourth-order valence-corrected chi connectivity index (χ4v) is 2.40. The molecule has 0 aliphatic carbocycles. The predicted molar refractivity (Wildman–Crippen MR) is 76.5 cm³/mol. The Kier molecular flexibility index (Phi) is 6.48. The van der Waals surface area contributed by atoms with Gasteiger partial charge in [-0.2, -0.15) is 0 Å². The fourth-order valence-electron chi connectivity index (χ4n) is 2.40. The number of rotatable bonds is 2. The van der Waals surface area contributed by atoms with Crippen LogP contribution >= 0.6 is 0 Å². The molecule has 2 nitrogen and oxygen atoms in total. The van der Waals surface area contributed by atoms with Crippen molar-refractivity contribution in [2.45, 2.75) is 40.0 Å². The number of carbonyl (C=O) groups excluding carboxylic acids is 1. The molecule has 0 unspecified atom stereocenters. The van der Waals surface area contributed by atoms with Gasteiger partial charge in [0.2, 0.25) is 5.91 Å². The molecule has 0 N–H and O–H groups in total. The Labute approximate surface area is 111 Å². The van der Waals surface area contributed by atoms with Gasteiger partial charge in [-0.3, -0.25) is 4.79 Å². The number of amides is 1. The Morgan fingerprint density at radius 2 is 1.72 bits per heavy atom. The molecule has 1 aromatic rings. The van der Waals surface area contributed by atoms with Crippen molar-refractivity contribution in [2.75, 3.05) is 13.1 Å². The summed E-state index contributed by atoms with van der Waals surface area (Å²) in [5.41, 5.74) is 1.42. The van der Waals surface area contributed by atoms with Crippen LogP contribution in [-0.2, 0) is 11.2 Å². The molecule has 1 aliphatic rings. The number of piperidine rings is 1. The van der Waals surface area contributed by atoms with Gasteiger partial charge in [0.15, 0.2) is 0 Å². The van der Waals surface area contributed by atoms with E-state index in [4.69, 9.17) is 0 Å². The average molecular weight is 247 g/mol. The van der Waals surface area contributed by atoms with Gasteiger partial charge in [0.25, 0.3) is 0 Å². The van der Waals surface area contributed by atoms with E-state index < -0.39 is 0 Å². The smallest absolute Gasteiger partial charge is 0.219 e. The van der Waals surface area contributed by atoms with Gasteiger partial charge in [0.1, 0.15) is 0 Å². The standard InChI is InChI=1S/C14H19NO.C2H6/c1-12(16)15-9-7-14(8-10-15)11-13-5-3-2-4-6-13;1-2/h2-6,14H,7-11H2,1H3;1-2H3.